The van der Waals surface area contributed by atoms with E-state index >= 15 is 0 Å². The fourth-order valence-electron chi connectivity index (χ4n) is 2.16. The van der Waals surface area contributed by atoms with Crippen LogP contribution in [0.1, 0.15) is 17.2 Å². The second-order valence-electron chi connectivity index (χ2n) is 4.50. The lowest BCUT2D eigenvalue weighted by Gasteiger charge is -2.13. The van der Waals surface area contributed by atoms with E-state index in [1.165, 1.54) is 12.1 Å². The Bertz CT molecular complexity index is 773. The number of halogens is 2. The summed E-state index contributed by atoms with van der Waals surface area (Å²) >= 11 is 0. The van der Waals surface area contributed by atoms with Gasteiger partial charge >= 0.3 is 0 Å². The van der Waals surface area contributed by atoms with Gasteiger partial charge in [0.2, 0.25) is 0 Å². The number of nitrogens with zero attached hydrogens (tertiary/aromatic N) is 1. The molecule has 1 unspecified atom stereocenters. The van der Waals surface area contributed by atoms with Crippen LogP contribution in [-0.2, 0) is 0 Å². The summed E-state index contributed by atoms with van der Waals surface area (Å²) in [6.45, 7) is 0. The molecular formula is C16H11F2NO. The highest BCUT2D eigenvalue weighted by atomic mass is 19.2. The van der Waals surface area contributed by atoms with E-state index in [-0.39, 0.29) is 5.56 Å². The zero-order chi connectivity index (χ0) is 14.1. The predicted molar refractivity (Wildman–Crippen MR) is 72.2 cm³/mol. The van der Waals surface area contributed by atoms with Crippen LogP contribution >= 0.6 is 0 Å². The van der Waals surface area contributed by atoms with E-state index in [0.717, 1.165) is 11.5 Å². The Morgan fingerprint density at radius 2 is 1.85 bits per heavy atom. The van der Waals surface area contributed by atoms with E-state index in [9.17, 15) is 13.9 Å². The number of aliphatic hydroxyl groups excluding tert-OH is 1. The van der Waals surface area contributed by atoms with Gasteiger partial charge in [0.25, 0.3) is 0 Å². The highest BCUT2D eigenvalue weighted by Gasteiger charge is 2.17. The van der Waals surface area contributed by atoms with E-state index in [2.05, 4.69) is 4.98 Å². The third-order valence-electron chi connectivity index (χ3n) is 3.22. The molecule has 20 heavy (non-hydrogen) atoms. The first-order chi connectivity index (χ1) is 9.66. The molecule has 1 aromatic heterocycles. The second-order valence-corrected chi connectivity index (χ2v) is 4.50. The molecule has 3 rings (SSSR count). The van der Waals surface area contributed by atoms with E-state index in [0.29, 0.717) is 11.1 Å². The molecule has 0 aliphatic carbocycles. The molecule has 0 fully saturated rings. The Balaban J connectivity index is 2.08. The molecule has 1 N–H and O–H groups in total. The fraction of sp³-hybridized carbons (Fsp3) is 0.0625. The molecule has 0 bridgehead atoms. The van der Waals surface area contributed by atoms with Crippen molar-refractivity contribution in [1.82, 2.24) is 4.98 Å². The van der Waals surface area contributed by atoms with Gasteiger partial charge in [-0.2, -0.15) is 0 Å². The molecule has 2 aromatic carbocycles. The van der Waals surface area contributed by atoms with Gasteiger partial charge in [0, 0.05) is 17.1 Å². The zero-order valence-electron chi connectivity index (χ0n) is 10.4. The second kappa shape index (κ2) is 4.98. The Morgan fingerprint density at radius 3 is 2.70 bits per heavy atom. The molecule has 100 valence electrons. The molecule has 0 saturated carbocycles. The Hall–Kier alpha value is -2.33. The topological polar surface area (TPSA) is 33.1 Å². The molecule has 0 amide bonds. The van der Waals surface area contributed by atoms with E-state index in [1.54, 1.807) is 24.4 Å². The van der Waals surface area contributed by atoms with Crippen molar-refractivity contribution in [2.24, 2.45) is 0 Å². The van der Waals surface area contributed by atoms with Crippen LogP contribution in [0.25, 0.3) is 10.9 Å². The van der Waals surface area contributed by atoms with Crippen LogP contribution < -0.4 is 0 Å². The van der Waals surface area contributed by atoms with E-state index in [4.69, 9.17) is 0 Å². The number of hydrogen-bond donors (Lipinski definition) is 1. The first-order valence-electron chi connectivity index (χ1n) is 6.13. The van der Waals surface area contributed by atoms with E-state index in [1.807, 2.05) is 12.1 Å². The number of fused-ring (bicyclic) bond motifs is 1. The highest BCUT2D eigenvalue weighted by molar-refractivity contribution is 5.79. The van der Waals surface area contributed by atoms with Crippen LogP contribution in [0.5, 0.6) is 0 Å². The number of aromatic nitrogens is 1. The zero-order valence-corrected chi connectivity index (χ0v) is 10.4. The van der Waals surface area contributed by atoms with Crippen molar-refractivity contribution in [2.45, 2.75) is 6.10 Å². The average Bonchev–Trinajstić information content (AvgIpc) is 2.49. The van der Waals surface area contributed by atoms with Gasteiger partial charge in [-0.25, -0.2) is 8.78 Å². The minimum atomic E-state index is -1.22. The molecule has 1 atom stereocenters. The summed E-state index contributed by atoms with van der Waals surface area (Å²) < 4.78 is 26.9. The quantitative estimate of drug-likeness (QED) is 0.772. The standard InChI is InChI=1S/C16H11F2NO/c17-13-5-1-4-12(15(13)18)16(20)11-7-6-10-3-2-8-19-14(10)9-11/h1-9,16,20H. The first-order valence-corrected chi connectivity index (χ1v) is 6.13. The Morgan fingerprint density at radius 1 is 1.00 bits per heavy atom. The van der Waals surface area contributed by atoms with Crippen LogP contribution in [0.4, 0.5) is 8.78 Å². The molecule has 0 aliphatic rings. The van der Waals surface area contributed by atoms with Gasteiger partial charge < -0.3 is 5.11 Å². The van der Waals surface area contributed by atoms with Crippen molar-refractivity contribution in [1.29, 1.82) is 0 Å². The summed E-state index contributed by atoms with van der Waals surface area (Å²) in [6.07, 6.45) is 0.415. The summed E-state index contributed by atoms with van der Waals surface area (Å²) in [4.78, 5) is 4.18. The van der Waals surface area contributed by atoms with Gasteiger partial charge in [0.1, 0.15) is 6.10 Å². The largest absolute Gasteiger partial charge is 0.384 e. The maximum Gasteiger partial charge on any atom is 0.164 e. The van der Waals surface area contributed by atoms with Gasteiger partial charge in [-0.1, -0.05) is 30.3 Å². The van der Waals surface area contributed by atoms with Crippen molar-refractivity contribution < 1.29 is 13.9 Å². The molecule has 3 aromatic rings. The van der Waals surface area contributed by atoms with Gasteiger partial charge in [0.15, 0.2) is 11.6 Å². The number of aliphatic hydroxyl groups is 1. The summed E-state index contributed by atoms with van der Waals surface area (Å²) in [7, 11) is 0. The lowest BCUT2D eigenvalue weighted by Crippen LogP contribution is -2.04. The Labute approximate surface area is 114 Å². The minimum absolute atomic E-state index is 0.0831. The fourth-order valence-corrected chi connectivity index (χ4v) is 2.16. The maximum atomic E-state index is 13.7. The smallest absolute Gasteiger partial charge is 0.164 e. The van der Waals surface area contributed by atoms with Crippen LogP contribution in [-0.4, -0.2) is 10.1 Å². The number of rotatable bonds is 2. The third-order valence-corrected chi connectivity index (χ3v) is 3.22. The SMILES string of the molecule is OC(c1ccc2cccnc2c1)c1cccc(F)c1F. The van der Waals surface area contributed by atoms with Crippen LogP contribution in [0.3, 0.4) is 0 Å². The summed E-state index contributed by atoms with van der Waals surface area (Å²) in [5, 5.41) is 11.1. The summed E-state index contributed by atoms with van der Waals surface area (Å²) in [5.41, 5.74) is 1.09. The van der Waals surface area contributed by atoms with Crippen LogP contribution in [0.2, 0.25) is 0 Å². The van der Waals surface area contributed by atoms with Crippen molar-refractivity contribution in [3.63, 3.8) is 0 Å². The van der Waals surface area contributed by atoms with Gasteiger partial charge in [-0.05, 0) is 23.8 Å². The number of pyridine rings is 1. The number of benzene rings is 2. The van der Waals surface area contributed by atoms with Crippen molar-refractivity contribution >= 4 is 10.9 Å². The molecule has 1 heterocycles. The van der Waals surface area contributed by atoms with Crippen molar-refractivity contribution in [3.8, 4) is 0 Å². The molecular weight excluding hydrogens is 260 g/mol. The lowest BCUT2D eigenvalue weighted by atomic mass is 9.99. The molecule has 0 radical (unpaired) electrons. The third kappa shape index (κ3) is 2.14. The lowest BCUT2D eigenvalue weighted by molar-refractivity contribution is 0.213. The van der Waals surface area contributed by atoms with Crippen LogP contribution in [0, 0.1) is 11.6 Å². The Kier molecular flexibility index (Phi) is 3.16. The average molecular weight is 271 g/mol. The molecule has 0 spiro atoms. The monoisotopic (exact) mass is 271 g/mol. The summed E-state index contributed by atoms with van der Waals surface area (Å²) in [6, 6.07) is 12.6. The normalized spacial score (nSPS) is 12.6. The van der Waals surface area contributed by atoms with Crippen molar-refractivity contribution in [3.05, 3.63) is 77.5 Å². The maximum absolute atomic E-state index is 13.7. The predicted octanol–water partition coefficient (Wildman–Crippen LogP) is 3.59. The van der Waals surface area contributed by atoms with Gasteiger partial charge in [-0.3, -0.25) is 4.98 Å². The van der Waals surface area contributed by atoms with Crippen molar-refractivity contribution in [2.75, 3.05) is 0 Å². The van der Waals surface area contributed by atoms with E-state index < -0.39 is 17.7 Å². The van der Waals surface area contributed by atoms with Crippen LogP contribution in [0.15, 0.2) is 54.7 Å². The first kappa shape index (κ1) is 12.7. The molecule has 0 aliphatic heterocycles. The molecule has 4 heteroatoms. The molecule has 2 nitrogen and oxygen atoms in total. The van der Waals surface area contributed by atoms with Gasteiger partial charge in [-0.15, -0.1) is 0 Å². The highest BCUT2D eigenvalue weighted by Crippen LogP contribution is 2.27. The summed E-state index contributed by atoms with van der Waals surface area (Å²) in [5.74, 6) is -2.00. The van der Waals surface area contributed by atoms with Gasteiger partial charge in [0.05, 0.1) is 5.52 Å². The minimum Gasteiger partial charge on any atom is -0.384 e. The molecule has 0 saturated heterocycles. The number of hydrogen-bond acceptors (Lipinski definition) is 2.